The SMILES string of the molecule is CCCNC(=O)c1c2c(nn1C)CCN(C(=O)OC(C)(C)C)C2. The fourth-order valence-electron chi connectivity index (χ4n) is 2.59. The Morgan fingerprint density at radius 1 is 1.35 bits per heavy atom. The number of hydrogen-bond donors (Lipinski definition) is 1. The van der Waals surface area contributed by atoms with E-state index in [0.717, 1.165) is 17.7 Å². The molecule has 0 radical (unpaired) electrons. The van der Waals surface area contributed by atoms with E-state index in [2.05, 4.69) is 10.4 Å². The number of aromatic nitrogens is 2. The smallest absolute Gasteiger partial charge is 0.410 e. The normalized spacial score (nSPS) is 14.4. The van der Waals surface area contributed by atoms with E-state index in [4.69, 9.17) is 4.74 Å². The molecule has 0 fully saturated rings. The van der Waals surface area contributed by atoms with Gasteiger partial charge in [-0.3, -0.25) is 9.48 Å². The maximum atomic E-state index is 12.4. The molecule has 0 aromatic carbocycles. The van der Waals surface area contributed by atoms with Crippen molar-refractivity contribution in [2.45, 2.75) is 52.7 Å². The first-order chi connectivity index (χ1) is 10.7. The lowest BCUT2D eigenvalue weighted by Gasteiger charge is -2.29. The molecule has 0 spiro atoms. The number of rotatable bonds is 3. The van der Waals surface area contributed by atoms with Gasteiger partial charge in [-0.15, -0.1) is 0 Å². The molecule has 0 unspecified atom stereocenters. The Labute approximate surface area is 137 Å². The molecule has 1 aromatic heterocycles. The van der Waals surface area contributed by atoms with Crippen molar-refractivity contribution in [3.05, 3.63) is 17.0 Å². The predicted molar refractivity (Wildman–Crippen MR) is 86.2 cm³/mol. The molecule has 1 aliphatic heterocycles. The van der Waals surface area contributed by atoms with Crippen LogP contribution in [0.4, 0.5) is 4.79 Å². The highest BCUT2D eigenvalue weighted by atomic mass is 16.6. The number of carbonyl (C=O) groups excluding carboxylic acids is 2. The van der Waals surface area contributed by atoms with Crippen LogP contribution in [0.15, 0.2) is 0 Å². The third kappa shape index (κ3) is 4.03. The Kier molecular flexibility index (Phi) is 4.97. The molecular formula is C16H26N4O3. The number of ether oxygens (including phenoxy) is 1. The van der Waals surface area contributed by atoms with Crippen LogP contribution in [0.2, 0.25) is 0 Å². The number of nitrogens with one attached hydrogen (secondary N) is 1. The third-order valence-electron chi connectivity index (χ3n) is 3.60. The predicted octanol–water partition coefficient (Wildman–Crippen LogP) is 1.85. The van der Waals surface area contributed by atoms with Crippen LogP contribution < -0.4 is 5.32 Å². The third-order valence-corrected chi connectivity index (χ3v) is 3.60. The molecule has 1 N–H and O–H groups in total. The van der Waals surface area contributed by atoms with Gasteiger partial charge in [0.15, 0.2) is 0 Å². The van der Waals surface area contributed by atoms with E-state index in [1.54, 1.807) is 16.6 Å². The lowest BCUT2D eigenvalue weighted by molar-refractivity contribution is 0.0222. The molecule has 23 heavy (non-hydrogen) atoms. The second kappa shape index (κ2) is 6.60. The monoisotopic (exact) mass is 322 g/mol. The molecule has 0 saturated carbocycles. The zero-order chi connectivity index (χ0) is 17.2. The van der Waals surface area contributed by atoms with Gasteiger partial charge >= 0.3 is 6.09 Å². The molecule has 2 heterocycles. The van der Waals surface area contributed by atoms with Crippen molar-refractivity contribution in [1.82, 2.24) is 20.0 Å². The second-order valence-electron chi connectivity index (χ2n) is 6.81. The van der Waals surface area contributed by atoms with Crippen molar-refractivity contribution >= 4 is 12.0 Å². The van der Waals surface area contributed by atoms with E-state index in [9.17, 15) is 9.59 Å². The van der Waals surface area contributed by atoms with Crippen molar-refractivity contribution < 1.29 is 14.3 Å². The Bertz CT molecular complexity index is 601. The van der Waals surface area contributed by atoms with Crippen LogP contribution in [0.5, 0.6) is 0 Å². The minimum Gasteiger partial charge on any atom is -0.444 e. The van der Waals surface area contributed by atoms with Gasteiger partial charge < -0.3 is 15.0 Å². The molecule has 2 rings (SSSR count). The van der Waals surface area contributed by atoms with Crippen LogP contribution in [-0.2, 0) is 24.8 Å². The summed E-state index contributed by atoms with van der Waals surface area (Å²) in [4.78, 5) is 26.2. The molecule has 1 aromatic rings. The van der Waals surface area contributed by atoms with Crippen molar-refractivity contribution in [2.75, 3.05) is 13.1 Å². The van der Waals surface area contributed by atoms with Gasteiger partial charge in [0.1, 0.15) is 11.3 Å². The van der Waals surface area contributed by atoms with Crippen LogP contribution in [0.1, 0.15) is 55.9 Å². The molecule has 0 atom stereocenters. The number of fused-ring (bicyclic) bond motifs is 1. The van der Waals surface area contributed by atoms with Crippen molar-refractivity contribution in [3.63, 3.8) is 0 Å². The van der Waals surface area contributed by atoms with Gasteiger partial charge in [-0.2, -0.15) is 5.10 Å². The summed E-state index contributed by atoms with van der Waals surface area (Å²) in [6.07, 6.45) is 1.14. The summed E-state index contributed by atoms with van der Waals surface area (Å²) >= 11 is 0. The van der Waals surface area contributed by atoms with E-state index in [-0.39, 0.29) is 12.0 Å². The lowest BCUT2D eigenvalue weighted by Crippen LogP contribution is -2.40. The summed E-state index contributed by atoms with van der Waals surface area (Å²) in [6, 6.07) is 0. The molecular weight excluding hydrogens is 296 g/mol. The summed E-state index contributed by atoms with van der Waals surface area (Å²) in [5, 5.41) is 7.30. The minimum absolute atomic E-state index is 0.144. The number of nitrogens with zero attached hydrogens (tertiary/aromatic N) is 3. The average molecular weight is 322 g/mol. The van der Waals surface area contributed by atoms with E-state index in [0.29, 0.717) is 31.7 Å². The molecule has 0 aliphatic carbocycles. The van der Waals surface area contributed by atoms with Gasteiger partial charge in [0.2, 0.25) is 0 Å². The molecule has 128 valence electrons. The van der Waals surface area contributed by atoms with Gasteiger partial charge in [0.25, 0.3) is 5.91 Å². The van der Waals surface area contributed by atoms with Gasteiger partial charge in [0, 0.05) is 32.1 Å². The first kappa shape index (κ1) is 17.3. The van der Waals surface area contributed by atoms with Gasteiger partial charge in [0.05, 0.1) is 12.2 Å². The van der Waals surface area contributed by atoms with Crippen molar-refractivity contribution in [3.8, 4) is 0 Å². The van der Waals surface area contributed by atoms with Gasteiger partial charge in [-0.25, -0.2) is 4.79 Å². The largest absolute Gasteiger partial charge is 0.444 e. The van der Waals surface area contributed by atoms with Crippen LogP contribution in [0.3, 0.4) is 0 Å². The fraction of sp³-hybridized carbons (Fsp3) is 0.688. The lowest BCUT2D eigenvalue weighted by atomic mass is 10.1. The molecule has 7 nitrogen and oxygen atoms in total. The number of amides is 2. The van der Waals surface area contributed by atoms with Crippen LogP contribution in [0.25, 0.3) is 0 Å². The Hall–Kier alpha value is -2.05. The molecule has 7 heteroatoms. The topological polar surface area (TPSA) is 76.5 Å². The summed E-state index contributed by atoms with van der Waals surface area (Å²) in [7, 11) is 1.76. The number of hydrogen-bond acceptors (Lipinski definition) is 4. The highest BCUT2D eigenvalue weighted by Gasteiger charge is 2.31. The van der Waals surface area contributed by atoms with Crippen molar-refractivity contribution in [1.29, 1.82) is 0 Å². The van der Waals surface area contributed by atoms with Crippen LogP contribution >= 0.6 is 0 Å². The number of aryl methyl sites for hydroxylation is 1. The summed E-state index contributed by atoms with van der Waals surface area (Å²) < 4.78 is 7.03. The Balaban J connectivity index is 2.19. The zero-order valence-electron chi connectivity index (χ0n) is 14.6. The fourth-order valence-corrected chi connectivity index (χ4v) is 2.59. The standard InChI is InChI=1S/C16H26N4O3/c1-6-8-17-14(21)13-11-10-20(15(22)23-16(2,3)4)9-7-12(11)18-19(13)5/h6-10H2,1-5H3,(H,17,21). The van der Waals surface area contributed by atoms with E-state index >= 15 is 0 Å². The summed E-state index contributed by atoms with van der Waals surface area (Å²) in [5.74, 6) is -0.144. The van der Waals surface area contributed by atoms with E-state index in [1.165, 1.54) is 0 Å². The summed E-state index contributed by atoms with van der Waals surface area (Å²) in [6.45, 7) is 9.05. The highest BCUT2D eigenvalue weighted by molar-refractivity contribution is 5.94. The summed E-state index contributed by atoms with van der Waals surface area (Å²) in [5.41, 5.74) is 1.70. The maximum Gasteiger partial charge on any atom is 0.410 e. The molecule has 2 amide bonds. The maximum absolute atomic E-state index is 12.4. The quantitative estimate of drug-likeness (QED) is 0.921. The Morgan fingerprint density at radius 2 is 2.04 bits per heavy atom. The van der Waals surface area contributed by atoms with Crippen LogP contribution in [0, 0.1) is 0 Å². The Morgan fingerprint density at radius 3 is 2.65 bits per heavy atom. The highest BCUT2D eigenvalue weighted by Crippen LogP contribution is 2.23. The minimum atomic E-state index is -0.534. The average Bonchev–Trinajstić information content (AvgIpc) is 2.77. The first-order valence-electron chi connectivity index (χ1n) is 8.03. The number of carbonyl (C=O) groups is 2. The first-order valence-corrected chi connectivity index (χ1v) is 8.03. The second-order valence-corrected chi connectivity index (χ2v) is 6.81. The molecule has 0 saturated heterocycles. The van der Waals surface area contributed by atoms with Gasteiger partial charge in [-0.05, 0) is 27.2 Å². The zero-order valence-corrected chi connectivity index (χ0v) is 14.6. The molecule has 1 aliphatic rings. The molecule has 0 bridgehead atoms. The van der Waals surface area contributed by atoms with Gasteiger partial charge in [-0.1, -0.05) is 6.92 Å². The van der Waals surface area contributed by atoms with E-state index in [1.807, 2.05) is 27.7 Å². The van der Waals surface area contributed by atoms with E-state index < -0.39 is 5.60 Å². The van der Waals surface area contributed by atoms with Crippen LogP contribution in [-0.4, -0.2) is 45.4 Å². The van der Waals surface area contributed by atoms with Crippen molar-refractivity contribution in [2.24, 2.45) is 7.05 Å².